The van der Waals surface area contributed by atoms with Gasteiger partial charge in [0, 0.05) is 6.42 Å². The minimum atomic E-state index is -1.13. The number of hydrogen-bond donors (Lipinski definition) is 0. The highest BCUT2D eigenvalue weighted by molar-refractivity contribution is 5.89. The van der Waals surface area contributed by atoms with Crippen LogP contribution in [0.3, 0.4) is 0 Å². The number of benzene rings is 1. The van der Waals surface area contributed by atoms with Crippen molar-refractivity contribution in [1.82, 2.24) is 0 Å². The second-order valence-corrected chi connectivity index (χ2v) is 3.86. The average molecular weight is 300 g/mol. The van der Waals surface area contributed by atoms with Crippen LogP contribution in [0.5, 0.6) is 0 Å². The molecule has 21 heavy (non-hydrogen) atoms. The Morgan fingerprint density at radius 2 is 1.81 bits per heavy atom. The molecule has 0 aliphatic carbocycles. The van der Waals surface area contributed by atoms with Crippen molar-refractivity contribution >= 4 is 5.97 Å². The van der Waals surface area contributed by atoms with Crippen molar-refractivity contribution < 1.29 is 29.4 Å². The summed E-state index contributed by atoms with van der Waals surface area (Å²) in [6.45, 7) is -0.577. The van der Waals surface area contributed by atoms with Gasteiger partial charge in [-0.15, -0.1) is 20.2 Å². The Morgan fingerprint density at radius 1 is 1.19 bits per heavy atom. The van der Waals surface area contributed by atoms with Crippen LogP contribution in [-0.4, -0.2) is 36.0 Å². The molecule has 10 heteroatoms. The number of hydrogen-bond acceptors (Lipinski definition) is 8. The number of methoxy groups -OCH3 is 1. The second kappa shape index (κ2) is 7.62. The molecule has 1 unspecified atom stereocenters. The molecule has 0 aliphatic rings. The van der Waals surface area contributed by atoms with Crippen LogP contribution < -0.4 is 0 Å². The Hall–Kier alpha value is -2.91. The molecule has 0 saturated carbocycles. The van der Waals surface area contributed by atoms with E-state index >= 15 is 0 Å². The molecule has 10 nitrogen and oxygen atoms in total. The first-order chi connectivity index (χ1) is 9.92. The van der Waals surface area contributed by atoms with E-state index in [-0.39, 0.29) is 6.42 Å². The largest absolute Gasteiger partial charge is 0.465 e. The van der Waals surface area contributed by atoms with Crippen LogP contribution in [0.15, 0.2) is 24.3 Å². The van der Waals surface area contributed by atoms with Gasteiger partial charge in [-0.3, -0.25) is 0 Å². The standard InChI is InChI=1S/C11H12N2O8/c1-19-11(14)9-4-2-8(3-5-9)6-10(21-13(17)18)7-20-12(15)16/h2-5,10H,6-7H2,1H3. The van der Waals surface area contributed by atoms with Crippen LogP contribution >= 0.6 is 0 Å². The Labute approximate surface area is 118 Å². The smallest absolute Gasteiger partial charge is 0.337 e. The molecule has 0 saturated heterocycles. The first kappa shape index (κ1) is 16.1. The number of carbonyl (C=O) groups excluding carboxylic acids is 1. The summed E-state index contributed by atoms with van der Waals surface area (Å²) in [6, 6.07) is 6.01. The summed E-state index contributed by atoms with van der Waals surface area (Å²) >= 11 is 0. The van der Waals surface area contributed by atoms with Crippen molar-refractivity contribution in [3.63, 3.8) is 0 Å². The summed E-state index contributed by atoms with van der Waals surface area (Å²) in [7, 11) is 1.24. The molecule has 0 fully saturated rings. The fourth-order valence-electron chi connectivity index (χ4n) is 1.55. The zero-order chi connectivity index (χ0) is 15.8. The van der Waals surface area contributed by atoms with Gasteiger partial charge in [0.1, 0.15) is 12.7 Å². The molecule has 0 spiro atoms. The first-order valence-electron chi connectivity index (χ1n) is 5.68. The molecule has 1 rings (SSSR count). The van der Waals surface area contributed by atoms with E-state index < -0.39 is 28.9 Å². The number of esters is 1. The zero-order valence-corrected chi connectivity index (χ0v) is 11.0. The Morgan fingerprint density at radius 3 is 2.29 bits per heavy atom. The van der Waals surface area contributed by atoms with E-state index in [1.54, 1.807) is 0 Å². The van der Waals surface area contributed by atoms with E-state index in [9.17, 15) is 25.0 Å². The minimum absolute atomic E-state index is 0.0102. The third kappa shape index (κ3) is 5.72. The molecule has 1 atom stereocenters. The maximum Gasteiger partial charge on any atom is 0.337 e. The Bertz CT molecular complexity index is 515. The molecule has 0 aliphatic heterocycles. The Kier molecular flexibility index (Phi) is 5.86. The predicted molar refractivity (Wildman–Crippen MR) is 66.3 cm³/mol. The molecule has 0 N–H and O–H groups in total. The Balaban J connectivity index is 2.70. The van der Waals surface area contributed by atoms with Gasteiger partial charge >= 0.3 is 5.97 Å². The summed E-state index contributed by atoms with van der Waals surface area (Å²) in [5.41, 5.74) is 0.899. The van der Waals surface area contributed by atoms with Crippen molar-refractivity contribution in [3.05, 3.63) is 55.6 Å². The van der Waals surface area contributed by atoms with Crippen molar-refractivity contribution in [2.24, 2.45) is 0 Å². The van der Waals surface area contributed by atoms with Gasteiger partial charge in [-0.05, 0) is 17.7 Å². The van der Waals surface area contributed by atoms with Gasteiger partial charge in [0.05, 0.1) is 12.7 Å². The van der Waals surface area contributed by atoms with Crippen LogP contribution in [0.1, 0.15) is 15.9 Å². The van der Waals surface area contributed by atoms with Gasteiger partial charge in [-0.25, -0.2) is 4.79 Å². The molecular formula is C11H12N2O8. The maximum atomic E-state index is 11.2. The van der Waals surface area contributed by atoms with Crippen LogP contribution in [0.2, 0.25) is 0 Å². The third-order valence-electron chi connectivity index (χ3n) is 2.44. The topological polar surface area (TPSA) is 131 Å². The van der Waals surface area contributed by atoms with Crippen molar-refractivity contribution in [2.75, 3.05) is 13.7 Å². The van der Waals surface area contributed by atoms with Crippen LogP contribution in [0, 0.1) is 20.2 Å². The highest BCUT2D eigenvalue weighted by Crippen LogP contribution is 2.10. The number of nitrogens with zero attached hydrogens (tertiary/aromatic N) is 2. The molecule has 1 aromatic rings. The minimum Gasteiger partial charge on any atom is -0.465 e. The predicted octanol–water partition coefficient (Wildman–Crippen LogP) is 0.801. The molecule has 0 radical (unpaired) electrons. The molecule has 0 heterocycles. The zero-order valence-electron chi connectivity index (χ0n) is 11.0. The molecule has 0 bridgehead atoms. The van der Waals surface area contributed by atoms with E-state index in [4.69, 9.17) is 0 Å². The summed E-state index contributed by atoms with van der Waals surface area (Å²) in [5.74, 6) is -0.517. The maximum absolute atomic E-state index is 11.2. The SMILES string of the molecule is COC(=O)c1ccc(CC(CO[N+](=O)[O-])O[N+](=O)[O-])cc1. The number of ether oxygens (including phenoxy) is 1. The van der Waals surface area contributed by atoms with E-state index in [1.807, 2.05) is 0 Å². The monoisotopic (exact) mass is 300 g/mol. The fraction of sp³-hybridized carbons (Fsp3) is 0.364. The summed E-state index contributed by atoms with van der Waals surface area (Å²) in [6.07, 6.45) is -1.12. The van der Waals surface area contributed by atoms with Gasteiger partial charge in [0.25, 0.3) is 10.2 Å². The van der Waals surface area contributed by atoms with Gasteiger partial charge < -0.3 is 14.4 Å². The van der Waals surface area contributed by atoms with Crippen molar-refractivity contribution in [3.8, 4) is 0 Å². The normalized spacial score (nSPS) is 11.3. The highest BCUT2D eigenvalue weighted by atomic mass is 17.0. The molecule has 0 amide bonds. The van der Waals surface area contributed by atoms with Crippen molar-refractivity contribution in [2.45, 2.75) is 12.5 Å². The summed E-state index contributed by atoms with van der Waals surface area (Å²) < 4.78 is 4.53. The van der Waals surface area contributed by atoms with E-state index in [0.717, 1.165) is 0 Å². The van der Waals surface area contributed by atoms with Crippen LogP contribution in [0.25, 0.3) is 0 Å². The van der Waals surface area contributed by atoms with Gasteiger partial charge in [0.15, 0.2) is 0 Å². The number of carbonyl (C=O) groups is 1. The second-order valence-electron chi connectivity index (χ2n) is 3.86. The van der Waals surface area contributed by atoms with E-state index in [1.165, 1.54) is 31.4 Å². The average Bonchev–Trinajstić information content (AvgIpc) is 2.44. The third-order valence-corrected chi connectivity index (χ3v) is 2.44. The first-order valence-corrected chi connectivity index (χ1v) is 5.68. The number of rotatable bonds is 8. The lowest BCUT2D eigenvalue weighted by Gasteiger charge is -2.13. The van der Waals surface area contributed by atoms with Gasteiger partial charge in [-0.1, -0.05) is 12.1 Å². The quantitative estimate of drug-likeness (QED) is 0.391. The van der Waals surface area contributed by atoms with E-state index in [0.29, 0.717) is 11.1 Å². The lowest BCUT2D eigenvalue weighted by Crippen LogP contribution is -2.26. The van der Waals surface area contributed by atoms with Crippen molar-refractivity contribution in [1.29, 1.82) is 0 Å². The lowest BCUT2D eigenvalue weighted by molar-refractivity contribution is -0.789. The van der Waals surface area contributed by atoms with Gasteiger partial charge in [0.2, 0.25) is 0 Å². The van der Waals surface area contributed by atoms with Crippen LogP contribution in [-0.2, 0) is 20.8 Å². The summed E-state index contributed by atoms with van der Waals surface area (Å²) in [5, 5.41) is 18.3. The molecule has 114 valence electrons. The van der Waals surface area contributed by atoms with E-state index in [2.05, 4.69) is 14.4 Å². The molecule has 1 aromatic carbocycles. The van der Waals surface area contributed by atoms with Crippen LogP contribution in [0.4, 0.5) is 0 Å². The van der Waals surface area contributed by atoms with Gasteiger partial charge in [-0.2, -0.15) is 0 Å². The lowest BCUT2D eigenvalue weighted by atomic mass is 10.1. The molecular weight excluding hydrogens is 288 g/mol. The highest BCUT2D eigenvalue weighted by Gasteiger charge is 2.17. The fourth-order valence-corrected chi connectivity index (χ4v) is 1.55. The summed E-state index contributed by atoms with van der Waals surface area (Å²) in [4.78, 5) is 40.0. The molecule has 0 aromatic heterocycles.